The van der Waals surface area contributed by atoms with Crippen LogP contribution in [0.15, 0.2) is 47.5 Å². The van der Waals surface area contributed by atoms with Crippen molar-refractivity contribution in [2.75, 3.05) is 0 Å². The lowest BCUT2D eigenvalue weighted by atomic mass is 10.2. The van der Waals surface area contributed by atoms with E-state index in [0.717, 1.165) is 4.47 Å². The maximum Gasteiger partial charge on any atom is 0.270 e. The fourth-order valence-electron chi connectivity index (χ4n) is 1.67. The van der Waals surface area contributed by atoms with Crippen molar-refractivity contribution in [2.45, 2.75) is 0 Å². The first-order valence-corrected chi connectivity index (χ1v) is 6.57. The first-order valence-electron chi connectivity index (χ1n) is 5.78. The average molecular weight is 347 g/mol. The van der Waals surface area contributed by atoms with E-state index in [1.54, 1.807) is 24.5 Å². The van der Waals surface area contributed by atoms with Gasteiger partial charge in [0.15, 0.2) is 5.82 Å². The van der Waals surface area contributed by atoms with Crippen molar-refractivity contribution in [1.29, 1.82) is 0 Å². The van der Waals surface area contributed by atoms with Crippen LogP contribution in [0.1, 0.15) is 0 Å². The molecule has 0 atom stereocenters. The minimum absolute atomic E-state index is 0.0104. The predicted octanol–water partition coefficient (Wildman–Crippen LogP) is 2.40. The number of nitro benzene ring substituents is 1. The molecular formula is C12H7BrN6O2. The van der Waals surface area contributed by atoms with Gasteiger partial charge >= 0.3 is 0 Å². The van der Waals surface area contributed by atoms with Crippen molar-refractivity contribution < 1.29 is 4.92 Å². The molecule has 0 N–H and O–H groups in total. The van der Waals surface area contributed by atoms with Crippen LogP contribution < -0.4 is 0 Å². The molecule has 0 aliphatic rings. The number of nitrogens with zero attached hydrogens (tertiary/aromatic N) is 6. The van der Waals surface area contributed by atoms with Gasteiger partial charge in [-0.25, -0.2) is 15.0 Å². The molecule has 0 saturated heterocycles. The molecule has 0 aliphatic heterocycles. The van der Waals surface area contributed by atoms with Gasteiger partial charge in [0, 0.05) is 30.1 Å². The lowest BCUT2D eigenvalue weighted by Gasteiger charge is -1.98. The lowest BCUT2D eigenvalue weighted by molar-refractivity contribution is -0.384. The van der Waals surface area contributed by atoms with Crippen LogP contribution in [0.2, 0.25) is 0 Å². The van der Waals surface area contributed by atoms with Crippen molar-refractivity contribution in [3.8, 4) is 17.3 Å². The number of non-ortho nitro benzene ring substituents is 1. The van der Waals surface area contributed by atoms with Gasteiger partial charge in [-0.15, -0.1) is 5.10 Å². The van der Waals surface area contributed by atoms with E-state index in [4.69, 9.17) is 0 Å². The summed E-state index contributed by atoms with van der Waals surface area (Å²) in [5.41, 5.74) is 0.545. The highest BCUT2D eigenvalue weighted by atomic mass is 79.9. The van der Waals surface area contributed by atoms with E-state index in [1.807, 2.05) is 0 Å². The van der Waals surface area contributed by atoms with Crippen LogP contribution in [0.4, 0.5) is 5.69 Å². The second-order valence-electron chi connectivity index (χ2n) is 4.02. The number of rotatable bonds is 3. The Morgan fingerprint density at radius 2 is 1.95 bits per heavy atom. The summed E-state index contributed by atoms with van der Waals surface area (Å²) in [5.74, 6) is 0.729. The summed E-state index contributed by atoms with van der Waals surface area (Å²) in [6.07, 6.45) is 4.64. The maximum absolute atomic E-state index is 10.8. The van der Waals surface area contributed by atoms with Gasteiger partial charge in [-0.05, 0) is 15.9 Å². The molecule has 0 unspecified atom stereocenters. The van der Waals surface area contributed by atoms with Gasteiger partial charge in [0.1, 0.15) is 6.33 Å². The highest BCUT2D eigenvalue weighted by molar-refractivity contribution is 9.10. The topological polar surface area (TPSA) is 99.6 Å². The molecule has 2 aromatic heterocycles. The van der Waals surface area contributed by atoms with Crippen molar-refractivity contribution in [2.24, 2.45) is 0 Å². The predicted molar refractivity (Wildman–Crippen MR) is 76.7 cm³/mol. The van der Waals surface area contributed by atoms with Crippen molar-refractivity contribution >= 4 is 21.6 Å². The number of benzene rings is 1. The molecule has 0 bridgehead atoms. The molecule has 104 valence electrons. The molecule has 0 spiro atoms. The number of hydrogen-bond acceptors (Lipinski definition) is 6. The highest BCUT2D eigenvalue weighted by Gasteiger charge is 2.11. The fraction of sp³-hybridized carbons (Fsp3) is 0. The Hall–Kier alpha value is -2.68. The molecule has 0 fully saturated rings. The minimum Gasteiger partial charge on any atom is -0.258 e. The first kappa shape index (κ1) is 13.3. The molecule has 0 saturated carbocycles. The summed E-state index contributed by atoms with van der Waals surface area (Å²) in [7, 11) is 0. The Bertz CT molecular complexity index is 802. The molecule has 2 heterocycles. The number of nitro groups is 1. The largest absolute Gasteiger partial charge is 0.270 e. The second-order valence-corrected chi connectivity index (χ2v) is 4.94. The van der Waals surface area contributed by atoms with E-state index in [0.29, 0.717) is 17.3 Å². The van der Waals surface area contributed by atoms with Gasteiger partial charge < -0.3 is 0 Å². The van der Waals surface area contributed by atoms with Crippen LogP contribution >= 0.6 is 15.9 Å². The van der Waals surface area contributed by atoms with E-state index in [1.165, 1.54) is 23.1 Å². The van der Waals surface area contributed by atoms with Crippen molar-refractivity contribution in [3.63, 3.8) is 0 Å². The van der Waals surface area contributed by atoms with E-state index in [2.05, 4.69) is 36.0 Å². The van der Waals surface area contributed by atoms with Gasteiger partial charge in [-0.2, -0.15) is 4.68 Å². The number of hydrogen-bond donors (Lipinski definition) is 0. The van der Waals surface area contributed by atoms with Crippen LogP contribution in [-0.2, 0) is 0 Å². The third-order valence-corrected chi connectivity index (χ3v) is 3.03. The Morgan fingerprint density at radius 3 is 2.67 bits per heavy atom. The van der Waals surface area contributed by atoms with E-state index >= 15 is 0 Å². The molecule has 21 heavy (non-hydrogen) atoms. The second kappa shape index (κ2) is 5.37. The van der Waals surface area contributed by atoms with E-state index in [-0.39, 0.29) is 5.69 Å². The van der Waals surface area contributed by atoms with Crippen LogP contribution in [-0.4, -0.2) is 29.7 Å². The summed E-state index contributed by atoms with van der Waals surface area (Å²) in [6.45, 7) is 0. The zero-order valence-corrected chi connectivity index (χ0v) is 12.0. The molecule has 0 aliphatic carbocycles. The van der Waals surface area contributed by atoms with Gasteiger partial charge in [0.25, 0.3) is 11.6 Å². The average Bonchev–Trinajstić information content (AvgIpc) is 2.98. The Labute approximate surface area is 126 Å². The van der Waals surface area contributed by atoms with Crippen molar-refractivity contribution in [1.82, 2.24) is 24.7 Å². The quantitative estimate of drug-likeness (QED) is 0.533. The SMILES string of the molecule is O=[N+]([O-])c1cccc(-c2ncn(-c3ncc(Br)cn3)n2)c1. The summed E-state index contributed by atoms with van der Waals surface area (Å²) in [5, 5.41) is 15.0. The maximum atomic E-state index is 10.8. The zero-order chi connectivity index (χ0) is 14.8. The molecular weight excluding hydrogens is 340 g/mol. The van der Waals surface area contributed by atoms with Crippen LogP contribution in [0, 0.1) is 10.1 Å². The monoisotopic (exact) mass is 346 g/mol. The van der Waals surface area contributed by atoms with E-state index < -0.39 is 4.92 Å². The molecule has 8 nitrogen and oxygen atoms in total. The Kier molecular flexibility index (Phi) is 3.40. The Balaban J connectivity index is 1.96. The van der Waals surface area contributed by atoms with Crippen LogP contribution in [0.25, 0.3) is 17.3 Å². The molecule has 1 aromatic carbocycles. The third-order valence-electron chi connectivity index (χ3n) is 2.62. The molecule has 0 amide bonds. The smallest absolute Gasteiger partial charge is 0.258 e. The molecule has 9 heteroatoms. The summed E-state index contributed by atoms with van der Waals surface area (Å²) in [4.78, 5) is 22.6. The van der Waals surface area contributed by atoms with Gasteiger partial charge in [0.2, 0.25) is 0 Å². The summed E-state index contributed by atoms with van der Waals surface area (Å²) >= 11 is 3.25. The number of aromatic nitrogens is 5. The highest BCUT2D eigenvalue weighted by Crippen LogP contribution is 2.20. The van der Waals surface area contributed by atoms with Crippen molar-refractivity contribution in [3.05, 3.63) is 57.6 Å². The normalized spacial score (nSPS) is 10.5. The third kappa shape index (κ3) is 2.77. The summed E-state index contributed by atoms with van der Waals surface area (Å²) < 4.78 is 2.16. The molecule has 0 radical (unpaired) electrons. The first-order chi connectivity index (χ1) is 10.1. The Morgan fingerprint density at radius 1 is 1.19 bits per heavy atom. The van der Waals surface area contributed by atoms with E-state index in [9.17, 15) is 10.1 Å². The molecule has 3 rings (SSSR count). The zero-order valence-electron chi connectivity index (χ0n) is 10.4. The lowest BCUT2D eigenvalue weighted by Crippen LogP contribution is -2.01. The fourth-order valence-corrected chi connectivity index (χ4v) is 1.88. The summed E-state index contributed by atoms with van der Waals surface area (Å²) in [6, 6.07) is 6.12. The molecule has 3 aromatic rings. The number of halogens is 1. The van der Waals surface area contributed by atoms with Crippen LogP contribution in [0.5, 0.6) is 0 Å². The van der Waals surface area contributed by atoms with Crippen LogP contribution in [0.3, 0.4) is 0 Å². The van der Waals surface area contributed by atoms with Gasteiger partial charge in [0.05, 0.1) is 9.40 Å². The van der Waals surface area contributed by atoms with Gasteiger partial charge in [-0.1, -0.05) is 12.1 Å². The standard InChI is InChI=1S/C12H7BrN6O2/c13-9-5-14-12(15-6-9)18-7-16-11(17-18)8-2-1-3-10(4-8)19(20)21/h1-7H. The van der Waals surface area contributed by atoms with Gasteiger partial charge in [-0.3, -0.25) is 10.1 Å². The minimum atomic E-state index is -0.460.